The van der Waals surface area contributed by atoms with E-state index in [9.17, 15) is 4.79 Å². The topological polar surface area (TPSA) is 38.8 Å². The molecular formula is C18H25NO3. The number of hydrogen-bond acceptors (Lipinski definition) is 3. The van der Waals surface area contributed by atoms with Crippen LogP contribution in [0.1, 0.15) is 25.3 Å². The second-order valence-electron chi connectivity index (χ2n) is 6.22. The highest BCUT2D eigenvalue weighted by Crippen LogP contribution is 2.34. The van der Waals surface area contributed by atoms with Gasteiger partial charge in [-0.15, -0.1) is 0 Å². The minimum atomic E-state index is 0.193. The van der Waals surface area contributed by atoms with E-state index in [-0.39, 0.29) is 18.1 Å². The maximum Gasteiger partial charge on any atom is 0.227 e. The Morgan fingerprint density at radius 2 is 2.14 bits per heavy atom. The van der Waals surface area contributed by atoms with Crippen LogP contribution in [0.5, 0.6) is 0 Å². The van der Waals surface area contributed by atoms with E-state index in [2.05, 4.69) is 0 Å². The van der Waals surface area contributed by atoms with E-state index < -0.39 is 0 Å². The Bertz CT molecular complexity index is 490. The molecule has 4 heteroatoms. The van der Waals surface area contributed by atoms with Gasteiger partial charge in [0.1, 0.15) is 0 Å². The molecule has 0 bridgehead atoms. The standard InChI is InChI=1S/C18H25NO3/c1-2-21-13-15-10-16-17(11-15)22-9-8-19(16)18(20)12-14-6-4-3-5-7-14/h3-7,15-17H,2,8-13H2,1H3. The molecule has 1 aliphatic carbocycles. The lowest BCUT2D eigenvalue weighted by molar-refractivity contribution is -0.143. The maximum atomic E-state index is 12.7. The molecule has 2 aliphatic rings. The van der Waals surface area contributed by atoms with Gasteiger partial charge in [0, 0.05) is 19.8 Å². The van der Waals surface area contributed by atoms with Crippen molar-refractivity contribution in [3.63, 3.8) is 0 Å². The Kier molecular flexibility index (Phi) is 5.11. The summed E-state index contributed by atoms with van der Waals surface area (Å²) in [4.78, 5) is 14.7. The molecule has 1 aromatic carbocycles. The molecule has 0 radical (unpaired) electrons. The van der Waals surface area contributed by atoms with Gasteiger partial charge in [0.25, 0.3) is 0 Å². The Hall–Kier alpha value is -1.39. The summed E-state index contributed by atoms with van der Waals surface area (Å²) in [6.45, 7) is 4.93. The first-order chi connectivity index (χ1) is 10.8. The number of hydrogen-bond donors (Lipinski definition) is 0. The number of ether oxygens (including phenoxy) is 2. The van der Waals surface area contributed by atoms with Crippen LogP contribution in [0.15, 0.2) is 30.3 Å². The van der Waals surface area contributed by atoms with E-state index in [4.69, 9.17) is 9.47 Å². The Morgan fingerprint density at radius 3 is 2.91 bits per heavy atom. The molecule has 1 aromatic rings. The number of benzene rings is 1. The van der Waals surface area contributed by atoms with Crippen LogP contribution in [0.2, 0.25) is 0 Å². The summed E-state index contributed by atoms with van der Waals surface area (Å²) >= 11 is 0. The van der Waals surface area contributed by atoms with Crippen LogP contribution in [0.25, 0.3) is 0 Å². The minimum absolute atomic E-state index is 0.193. The van der Waals surface area contributed by atoms with Gasteiger partial charge in [-0.1, -0.05) is 30.3 Å². The molecule has 0 N–H and O–H groups in total. The molecule has 1 heterocycles. The highest BCUT2D eigenvalue weighted by Gasteiger charge is 2.42. The van der Waals surface area contributed by atoms with E-state index in [0.717, 1.165) is 31.6 Å². The predicted molar refractivity (Wildman–Crippen MR) is 84.6 cm³/mol. The zero-order valence-corrected chi connectivity index (χ0v) is 13.2. The van der Waals surface area contributed by atoms with Gasteiger partial charge in [-0.3, -0.25) is 4.79 Å². The van der Waals surface area contributed by atoms with E-state index in [0.29, 0.717) is 25.5 Å². The molecule has 3 atom stereocenters. The summed E-state index contributed by atoms with van der Waals surface area (Å²) < 4.78 is 11.4. The van der Waals surface area contributed by atoms with Gasteiger partial charge in [-0.2, -0.15) is 0 Å². The van der Waals surface area contributed by atoms with Crippen LogP contribution < -0.4 is 0 Å². The second kappa shape index (κ2) is 7.25. The lowest BCUT2D eigenvalue weighted by atomic mass is 10.1. The third-order valence-electron chi connectivity index (χ3n) is 4.71. The van der Waals surface area contributed by atoms with Crippen LogP contribution in [0, 0.1) is 5.92 Å². The molecule has 0 aromatic heterocycles. The predicted octanol–water partition coefficient (Wildman–Crippen LogP) is 2.27. The van der Waals surface area contributed by atoms with Gasteiger partial charge >= 0.3 is 0 Å². The lowest BCUT2D eigenvalue weighted by Crippen LogP contribution is -2.51. The third-order valence-corrected chi connectivity index (χ3v) is 4.71. The van der Waals surface area contributed by atoms with Gasteiger partial charge < -0.3 is 14.4 Å². The van der Waals surface area contributed by atoms with E-state index in [1.807, 2.05) is 42.2 Å². The number of amides is 1. The summed E-state index contributed by atoms with van der Waals surface area (Å²) in [5.41, 5.74) is 1.08. The summed E-state index contributed by atoms with van der Waals surface area (Å²) in [6.07, 6.45) is 2.70. The smallest absolute Gasteiger partial charge is 0.227 e. The van der Waals surface area contributed by atoms with Crippen molar-refractivity contribution in [2.45, 2.75) is 38.3 Å². The molecule has 0 spiro atoms. The van der Waals surface area contributed by atoms with Crippen molar-refractivity contribution in [2.24, 2.45) is 5.92 Å². The van der Waals surface area contributed by atoms with Crippen LogP contribution >= 0.6 is 0 Å². The molecule has 120 valence electrons. The fourth-order valence-corrected chi connectivity index (χ4v) is 3.65. The van der Waals surface area contributed by atoms with E-state index >= 15 is 0 Å². The molecule has 22 heavy (non-hydrogen) atoms. The molecule has 1 saturated carbocycles. The fourth-order valence-electron chi connectivity index (χ4n) is 3.65. The number of nitrogens with zero attached hydrogens (tertiary/aromatic N) is 1. The van der Waals surface area contributed by atoms with Gasteiger partial charge in [0.05, 0.1) is 25.2 Å². The quantitative estimate of drug-likeness (QED) is 0.837. The zero-order valence-electron chi connectivity index (χ0n) is 13.2. The SMILES string of the molecule is CCOCC1CC2OCCN(C(=O)Cc3ccccc3)C2C1. The van der Waals surface area contributed by atoms with Crippen LogP contribution in [-0.2, 0) is 20.7 Å². The summed E-state index contributed by atoms with van der Waals surface area (Å²) in [5, 5.41) is 0. The molecule has 1 aliphatic heterocycles. The van der Waals surface area contributed by atoms with E-state index in [1.165, 1.54) is 0 Å². The largest absolute Gasteiger partial charge is 0.381 e. The molecule has 4 nitrogen and oxygen atoms in total. The molecule has 3 unspecified atom stereocenters. The molecular weight excluding hydrogens is 278 g/mol. The monoisotopic (exact) mass is 303 g/mol. The first-order valence-electron chi connectivity index (χ1n) is 8.30. The van der Waals surface area contributed by atoms with Crippen molar-refractivity contribution in [1.82, 2.24) is 4.90 Å². The molecule has 1 amide bonds. The first kappa shape index (κ1) is 15.5. The number of morpholine rings is 1. The summed E-state index contributed by atoms with van der Waals surface area (Å²) in [7, 11) is 0. The lowest BCUT2D eigenvalue weighted by Gasteiger charge is -2.37. The van der Waals surface area contributed by atoms with Gasteiger partial charge in [-0.25, -0.2) is 0 Å². The average Bonchev–Trinajstić information content (AvgIpc) is 2.96. The normalized spacial score (nSPS) is 27.7. The average molecular weight is 303 g/mol. The Balaban J connectivity index is 1.62. The van der Waals surface area contributed by atoms with Crippen molar-refractivity contribution in [3.8, 4) is 0 Å². The zero-order chi connectivity index (χ0) is 15.4. The van der Waals surface area contributed by atoms with Crippen molar-refractivity contribution in [1.29, 1.82) is 0 Å². The number of carbonyl (C=O) groups excluding carboxylic acids is 1. The van der Waals surface area contributed by atoms with Crippen molar-refractivity contribution in [2.75, 3.05) is 26.4 Å². The molecule has 3 rings (SSSR count). The number of fused-ring (bicyclic) bond motifs is 1. The first-order valence-corrected chi connectivity index (χ1v) is 8.30. The Morgan fingerprint density at radius 1 is 1.32 bits per heavy atom. The van der Waals surface area contributed by atoms with Crippen LogP contribution in [0.4, 0.5) is 0 Å². The van der Waals surface area contributed by atoms with E-state index in [1.54, 1.807) is 0 Å². The fraction of sp³-hybridized carbons (Fsp3) is 0.611. The minimum Gasteiger partial charge on any atom is -0.381 e. The highest BCUT2D eigenvalue weighted by molar-refractivity contribution is 5.79. The Labute approximate surface area is 132 Å². The summed E-state index contributed by atoms with van der Waals surface area (Å²) in [5.74, 6) is 0.738. The molecule has 2 fully saturated rings. The number of rotatable bonds is 5. The number of carbonyl (C=O) groups is 1. The molecule has 1 saturated heterocycles. The third kappa shape index (κ3) is 3.50. The second-order valence-corrected chi connectivity index (χ2v) is 6.22. The van der Waals surface area contributed by atoms with Crippen molar-refractivity contribution >= 4 is 5.91 Å². The van der Waals surface area contributed by atoms with Gasteiger partial charge in [-0.05, 0) is 31.2 Å². The van der Waals surface area contributed by atoms with Crippen molar-refractivity contribution < 1.29 is 14.3 Å². The van der Waals surface area contributed by atoms with Gasteiger partial charge in [0.15, 0.2) is 0 Å². The van der Waals surface area contributed by atoms with Crippen molar-refractivity contribution in [3.05, 3.63) is 35.9 Å². The van der Waals surface area contributed by atoms with Gasteiger partial charge in [0.2, 0.25) is 5.91 Å². The van der Waals surface area contributed by atoms with Crippen LogP contribution in [-0.4, -0.2) is 49.3 Å². The highest BCUT2D eigenvalue weighted by atomic mass is 16.5. The summed E-state index contributed by atoms with van der Waals surface area (Å²) in [6, 6.07) is 10.2. The maximum absolute atomic E-state index is 12.7. The van der Waals surface area contributed by atoms with Crippen LogP contribution in [0.3, 0.4) is 0 Å².